The van der Waals surface area contributed by atoms with Gasteiger partial charge in [-0.3, -0.25) is 0 Å². The van der Waals surface area contributed by atoms with Crippen LogP contribution in [-0.2, 0) is 4.79 Å². The van der Waals surface area contributed by atoms with Gasteiger partial charge in [-0.1, -0.05) is 37.5 Å². The van der Waals surface area contributed by atoms with Crippen molar-refractivity contribution in [2.75, 3.05) is 0 Å². The van der Waals surface area contributed by atoms with E-state index in [0.717, 1.165) is 25.7 Å². The van der Waals surface area contributed by atoms with Gasteiger partial charge in [0.15, 0.2) is 0 Å². The zero-order valence-electron chi connectivity index (χ0n) is 9.89. The highest BCUT2D eigenvalue weighted by Gasteiger charge is 2.28. The summed E-state index contributed by atoms with van der Waals surface area (Å²) in [6.07, 6.45) is 5.48. The van der Waals surface area contributed by atoms with Crippen LogP contribution in [-0.4, -0.2) is 12.0 Å². The summed E-state index contributed by atoms with van der Waals surface area (Å²) >= 11 is 0. The van der Waals surface area contributed by atoms with Crippen LogP contribution in [0.4, 0.5) is 0 Å². The number of para-hydroxylation sites is 1. The number of rotatable bonds is 3. The van der Waals surface area contributed by atoms with Crippen LogP contribution in [0.5, 0.6) is 5.75 Å². The molecule has 0 aliphatic heterocycles. The third-order valence-electron chi connectivity index (χ3n) is 3.34. The number of hydrogen-bond donors (Lipinski definition) is 0. The first kappa shape index (κ1) is 12.1. The summed E-state index contributed by atoms with van der Waals surface area (Å²) in [5.74, 6) is 0.300. The van der Waals surface area contributed by atoms with Crippen LogP contribution in [0.25, 0.3) is 0 Å². The van der Waals surface area contributed by atoms with Crippen molar-refractivity contribution in [2.45, 2.75) is 38.1 Å². The summed E-state index contributed by atoms with van der Waals surface area (Å²) in [7, 11) is 0. The van der Waals surface area contributed by atoms with E-state index in [1.807, 2.05) is 18.2 Å². The summed E-state index contributed by atoms with van der Waals surface area (Å²) < 4.78 is 5.20. The molecule has 0 saturated heterocycles. The Balaban J connectivity index is 1.90. The van der Waals surface area contributed by atoms with Gasteiger partial charge in [-0.25, -0.2) is 10.5 Å². The van der Waals surface area contributed by atoms with E-state index in [1.165, 1.54) is 6.42 Å². The van der Waals surface area contributed by atoms with Crippen LogP contribution >= 0.6 is 0 Å². The number of carbonyl (C=O) groups excluding carboxylic acids is 1. The van der Waals surface area contributed by atoms with Crippen molar-refractivity contribution < 1.29 is 9.53 Å². The largest absolute Gasteiger partial charge is 0.425 e. The van der Waals surface area contributed by atoms with Crippen LogP contribution < -0.4 is 10.5 Å². The first-order valence-corrected chi connectivity index (χ1v) is 6.25. The smallest absolute Gasteiger partial charge is 0.330 e. The van der Waals surface area contributed by atoms with E-state index in [-0.39, 0.29) is 5.92 Å². The molecule has 1 aromatic carbocycles. The number of nitrogens with one attached hydrogen (secondary N) is 1. The fourth-order valence-electron chi connectivity index (χ4n) is 2.33. The lowest BCUT2D eigenvalue weighted by Gasteiger charge is -2.25. The maximum atomic E-state index is 11.8. The van der Waals surface area contributed by atoms with Crippen LogP contribution in [0, 0.1) is 5.92 Å². The predicted octanol–water partition coefficient (Wildman–Crippen LogP) is 2.82. The number of esters is 1. The van der Waals surface area contributed by atoms with Gasteiger partial charge in [0.05, 0.1) is 0 Å². The third-order valence-corrected chi connectivity index (χ3v) is 3.34. The van der Waals surface area contributed by atoms with Crippen LogP contribution in [0.1, 0.15) is 32.1 Å². The summed E-state index contributed by atoms with van der Waals surface area (Å²) in [5.41, 5.74) is 7.95. The third kappa shape index (κ3) is 3.30. The molecular formula is C14H18NO2. The summed E-state index contributed by atoms with van der Waals surface area (Å²) in [6, 6.07) is 8.27. The molecule has 1 fully saturated rings. The van der Waals surface area contributed by atoms with E-state index in [4.69, 9.17) is 10.5 Å². The van der Waals surface area contributed by atoms with E-state index in [2.05, 4.69) is 0 Å². The fraction of sp³-hybridized carbons (Fsp3) is 0.500. The number of benzene rings is 1. The SMILES string of the molecule is [NH]C(C(=O)Oc1ccccc1)C1CCCCC1. The number of carbonyl (C=O) groups is 1. The fourth-order valence-corrected chi connectivity index (χ4v) is 2.33. The van der Waals surface area contributed by atoms with E-state index >= 15 is 0 Å². The van der Waals surface area contributed by atoms with Crippen molar-refractivity contribution in [1.82, 2.24) is 5.73 Å². The Kier molecular flexibility index (Phi) is 4.15. The molecule has 0 aromatic heterocycles. The molecule has 1 saturated carbocycles. The minimum atomic E-state index is -0.726. The molecule has 0 amide bonds. The minimum absolute atomic E-state index is 0.181. The Hall–Kier alpha value is -1.35. The zero-order chi connectivity index (χ0) is 12.1. The van der Waals surface area contributed by atoms with Crippen molar-refractivity contribution in [3.8, 4) is 5.75 Å². The average molecular weight is 232 g/mol. The molecule has 0 spiro atoms. The van der Waals surface area contributed by atoms with Gasteiger partial charge in [-0.05, 0) is 30.9 Å². The molecule has 1 aliphatic rings. The molecule has 1 unspecified atom stereocenters. The lowest BCUT2D eigenvalue weighted by atomic mass is 9.84. The molecule has 0 heterocycles. The molecule has 1 aromatic rings. The zero-order valence-corrected chi connectivity index (χ0v) is 9.89. The molecule has 0 bridgehead atoms. The lowest BCUT2D eigenvalue weighted by Crippen LogP contribution is -2.35. The maximum Gasteiger partial charge on any atom is 0.330 e. The van der Waals surface area contributed by atoms with E-state index < -0.39 is 12.0 Å². The van der Waals surface area contributed by atoms with Gasteiger partial charge < -0.3 is 4.74 Å². The molecular weight excluding hydrogens is 214 g/mol. The van der Waals surface area contributed by atoms with Gasteiger partial charge in [0.2, 0.25) is 0 Å². The van der Waals surface area contributed by atoms with Gasteiger partial charge in [0.25, 0.3) is 0 Å². The Morgan fingerprint density at radius 3 is 2.47 bits per heavy atom. The van der Waals surface area contributed by atoms with Crippen molar-refractivity contribution >= 4 is 5.97 Å². The first-order chi connectivity index (χ1) is 8.27. The highest BCUT2D eigenvalue weighted by atomic mass is 16.5. The van der Waals surface area contributed by atoms with Gasteiger partial charge in [-0.2, -0.15) is 0 Å². The van der Waals surface area contributed by atoms with Crippen LogP contribution in [0.2, 0.25) is 0 Å². The van der Waals surface area contributed by atoms with Crippen molar-refractivity contribution in [1.29, 1.82) is 0 Å². The Labute approximate surface area is 102 Å². The predicted molar refractivity (Wildman–Crippen MR) is 65.5 cm³/mol. The molecule has 1 N–H and O–H groups in total. The monoisotopic (exact) mass is 232 g/mol. The van der Waals surface area contributed by atoms with Gasteiger partial charge in [0, 0.05) is 0 Å². The van der Waals surface area contributed by atoms with E-state index in [9.17, 15) is 4.79 Å². The Morgan fingerprint density at radius 1 is 1.18 bits per heavy atom. The first-order valence-electron chi connectivity index (χ1n) is 6.25. The van der Waals surface area contributed by atoms with Crippen molar-refractivity contribution in [2.24, 2.45) is 5.92 Å². The van der Waals surface area contributed by atoms with E-state index in [0.29, 0.717) is 5.75 Å². The summed E-state index contributed by atoms with van der Waals surface area (Å²) in [4.78, 5) is 11.8. The molecule has 3 nitrogen and oxygen atoms in total. The second-order valence-electron chi connectivity index (χ2n) is 4.61. The molecule has 3 heteroatoms. The molecule has 2 rings (SSSR count). The summed E-state index contributed by atoms with van der Waals surface area (Å²) in [5, 5.41) is 0. The highest BCUT2D eigenvalue weighted by Crippen LogP contribution is 2.27. The van der Waals surface area contributed by atoms with Crippen LogP contribution in [0.3, 0.4) is 0 Å². The van der Waals surface area contributed by atoms with Crippen molar-refractivity contribution in [3.05, 3.63) is 30.3 Å². The van der Waals surface area contributed by atoms with E-state index in [1.54, 1.807) is 12.1 Å². The van der Waals surface area contributed by atoms with Gasteiger partial charge in [-0.15, -0.1) is 0 Å². The average Bonchev–Trinajstić information content (AvgIpc) is 2.40. The maximum absolute atomic E-state index is 11.8. The standard InChI is InChI=1S/C14H18NO2/c15-13(11-7-3-1-4-8-11)14(16)17-12-9-5-2-6-10-12/h2,5-6,9-11,13,15H,1,3-4,7-8H2. The number of ether oxygens (including phenoxy) is 1. The Bertz CT molecular complexity index is 358. The second-order valence-corrected chi connectivity index (χ2v) is 4.61. The van der Waals surface area contributed by atoms with Gasteiger partial charge in [0.1, 0.15) is 11.8 Å². The summed E-state index contributed by atoms with van der Waals surface area (Å²) in [6.45, 7) is 0. The molecule has 1 aliphatic carbocycles. The minimum Gasteiger partial charge on any atom is -0.425 e. The Morgan fingerprint density at radius 2 is 1.82 bits per heavy atom. The normalized spacial score (nSPS) is 18.6. The lowest BCUT2D eigenvalue weighted by molar-refractivity contribution is -0.137. The van der Waals surface area contributed by atoms with Gasteiger partial charge >= 0.3 is 5.97 Å². The molecule has 91 valence electrons. The number of hydrogen-bond acceptors (Lipinski definition) is 2. The highest BCUT2D eigenvalue weighted by molar-refractivity contribution is 5.78. The molecule has 1 radical (unpaired) electrons. The quantitative estimate of drug-likeness (QED) is 0.594. The second kappa shape index (κ2) is 5.82. The van der Waals surface area contributed by atoms with Crippen LogP contribution in [0.15, 0.2) is 30.3 Å². The topological polar surface area (TPSA) is 50.1 Å². The molecule has 1 atom stereocenters. The molecule has 17 heavy (non-hydrogen) atoms. The van der Waals surface area contributed by atoms with Crippen molar-refractivity contribution in [3.63, 3.8) is 0 Å².